The van der Waals surface area contributed by atoms with Gasteiger partial charge in [0.15, 0.2) is 6.04 Å². The number of halogens is 1. The summed E-state index contributed by atoms with van der Waals surface area (Å²) in [6, 6.07) is 4.97. The molecule has 0 aliphatic rings. The van der Waals surface area contributed by atoms with Crippen LogP contribution in [-0.2, 0) is 14.3 Å². The SMILES string of the molecule is CCOC(=O)C(NC(=O)CBr)c1ccc(C)cc1C. The summed E-state index contributed by atoms with van der Waals surface area (Å²) in [4.78, 5) is 23.5. The summed E-state index contributed by atoms with van der Waals surface area (Å²) in [5, 5.41) is 2.81. The second kappa shape index (κ2) is 7.28. The van der Waals surface area contributed by atoms with E-state index in [2.05, 4.69) is 21.2 Å². The molecule has 0 bridgehead atoms. The first-order chi connectivity index (χ1) is 8.99. The average molecular weight is 328 g/mol. The van der Waals surface area contributed by atoms with E-state index in [4.69, 9.17) is 4.74 Å². The van der Waals surface area contributed by atoms with Gasteiger partial charge in [0.25, 0.3) is 0 Å². The smallest absolute Gasteiger partial charge is 0.333 e. The molecular weight excluding hydrogens is 310 g/mol. The van der Waals surface area contributed by atoms with Gasteiger partial charge in [0.05, 0.1) is 11.9 Å². The summed E-state index contributed by atoms with van der Waals surface area (Å²) >= 11 is 3.07. The fourth-order valence-electron chi connectivity index (χ4n) is 1.84. The maximum Gasteiger partial charge on any atom is 0.333 e. The molecule has 0 fully saturated rings. The lowest BCUT2D eigenvalue weighted by Gasteiger charge is -2.19. The number of nitrogens with one attached hydrogen (secondary N) is 1. The van der Waals surface area contributed by atoms with Crippen LogP contribution in [-0.4, -0.2) is 23.8 Å². The standard InChI is InChI=1S/C14H18BrNO3/c1-4-19-14(18)13(16-12(17)8-15)11-6-5-9(2)7-10(11)3/h5-7,13H,4,8H2,1-3H3,(H,16,17). The Labute approximate surface area is 121 Å². The van der Waals surface area contributed by atoms with E-state index in [-0.39, 0.29) is 17.8 Å². The van der Waals surface area contributed by atoms with Gasteiger partial charge in [0, 0.05) is 0 Å². The first kappa shape index (κ1) is 15.7. The number of hydrogen-bond donors (Lipinski definition) is 1. The Hall–Kier alpha value is -1.36. The van der Waals surface area contributed by atoms with Gasteiger partial charge in [0.1, 0.15) is 0 Å². The molecule has 1 rings (SSSR count). The van der Waals surface area contributed by atoms with Crippen LogP contribution in [0.1, 0.15) is 29.7 Å². The Bertz CT molecular complexity index is 474. The van der Waals surface area contributed by atoms with Crippen molar-refractivity contribution in [1.82, 2.24) is 5.32 Å². The molecule has 0 radical (unpaired) electrons. The molecule has 1 atom stereocenters. The largest absolute Gasteiger partial charge is 0.464 e. The Balaban J connectivity index is 3.07. The van der Waals surface area contributed by atoms with Gasteiger partial charge in [-0.1, -0.05) is 39.7 Å². The van der Waals surface area contributed by atoms with Crippen LogP contribution in [0.15, 0.2) is 18.2 Å². The van der Waals surface area contributed by atoms with Crippen LogP contribution < -0.4 is 5.32 Å². The Kier molecular flexibility index (Phi) is 6.02. The van der Waals surface area contributed by atoms with Crippen LogP contribution >= 0.6 is 15.9 Å². The summed E-state index contributed by atoms with van der Waals surface area (Å²) in [5.41, 5.74) is 2.82. The van der Waals surface area contributed by atoms with Crippen molar-refractivity contribution in [3.05, 3.63) is 34.9 Å². The van der Waals surface area contributed by atoms with Gasteiger partial charge < -0.3 is 10.1 Å². The van der Waals surface area contributed by atoms with E-state index in [0.717, 1.165) is 16.7 Å². The molecule has 0 aliphatic carbocycles. The van der Waals surface area contributed by atoms with Gasteiger partial charge in [-0.25, -0.2) is 4.79 Å². The zero-order valence-electron chi connectivity index (χ0n) is 11.3. The molecule has 0 heterocycles. The molecule has 1 unspecified atom stereocenters. The van der Waals surface area contributed by atoms with Gasteiger partial charge in [-0.15, -0.1) is 0 Å². The molecule has 5 heteroatoms. The van der Waals surface area contributed by atoms with E-state index >= 15 is 0 Å². The predicted molar refractivity (Wildman–Crippen MR) is 77.2 cm³/mol. The molecule has 0 saturated heterocycles. The van der Waals surface area contributed by atoms with Crippen molar-refractivity contribution in [3.8, 4) is 0 Å². The van der Waals surface area contributed by atoms with Crippen molar-refractivity contribution < 1.29 is 14.3 Å². The Morgan fingerprint density at radius 1 is 1.37 bits per heavy atom. The Morgan fingerprint density at radius 2 is 2.05 bits per heavy atom. The van der Waals surface area contributed by atoms with Crippen LogP contribution in [0.5, 0.6) is 0 Å². The summed E-state index contributed by atoms with van der Waals surface area (Å²) in [6.07, 6.45) is 0. The monoisotopic (exact) mass is 327 g/mol. The second-order valence-electron chi connectivity index (χ2n) is 4.25. The van der Waals surface area contributed by atoms with E-state index < -0.39 is 12.0 Å². The zero-order valence-corrected chi connectivity index (χ0v) is 12.9. The predicted octanol–water partition coefficient (Wildman–Crippen LogP) is 2.42. The van der Waals surface area contributed by atoms with Gasteiger partial charge in [0.2, 0.25) is 5.91 Å². The van der Waals surface area contributed by atoms with Crippen LogP contribution in [0.4, 0.5) is 0 Å². The molecule has 1 aromatic carbocycles. The van der Waals surface area contributed by atoms with E-state index in [1.54, 1.807) is 6.92 Å². The number of rotatable bonds is 5. The number of carbonyl (C=O) groups is 2. The zero-order chi connectivity index (χ0) is 14.4. The fourth-order valence-corrected chi connectivity index (χ4v) is 2.00. The highest BCUT2D eigenvalue weighted by Gasteiger charge is 2.25. The highest BCUT2D eigenvalue weighted by molar-refractivity contribution is 9.09. The van der Waals surface area contributed by atoms with Crippen LogP contribution in [0.3, 0.4) is 0 Å². The van der Waals surface area contributed by atoms with E-state index in [1.807, 2.05) is 32.0 Å². The van der Waals surface area contributed by atoms with Gasteiger partial charge in [-0.3, -0.25) is 4.79 Å². The number of alkyl halides is 1. The molecule has 0 saturated carbocycles. The van der Waals surface area contributed by atoms with Crippen LogP contribution in [0, 0.1) is 13.8 Å². The van der Waals surface area contributed by atoms with Gasteiger partial charge in [-0.05, 0) is 31.9 Å². The average Bonchev–Trinajstić information content (AvgIpc) is 2.36. The van der Waals surface area contributed by atoms with E-state index in [9.17, 15) is 9.59 Å². The molecule has 19 heavy (non-hydrogen) atoms. The lowest BCUT2D eigenvalue weighted by Crippen LogP contribution is -2.36. The summed E-state index contributed by atoms with van der Waals surface area (Å²) in [7, 11) is 0. The summed E-state index contributed by atoms with van der Waals surface area (Å²) in [5.74, 6) is -0.693. The van der Waals surface area contributed by atoms with Gasteiger partial charge in [-0.2, -0.15) is 0 Å². The molecule has 1 amide bonds. The van der Waals surface area contributed by atoms with Gasteiger partial charge >= 0.3 is 5.97 Å². The van der Waals surface area contributed by atoms with Crippen molar-refractivity contribution in [2.24, 2.45) is 0 Å². The highest BCUT2D eigenvalue weighted by Crippen LogP contribution is 2.20. The third kappa shape index (κ3) is 4.35. The van der Waals surface area contributed by atoms with Crippen molar-refractivity contribution in [1.29, 1.82) is 0 Å². The highest BCUT2D eigenvalue weighted by atomic mass is 79.9. The molecule has 0 spiro atoms. The molecular formula is C14H18BrNO3. The molecule has 0 aromatic heterocycles. The molecule has 104 valence electrons. The minimum Gasteiger partial charge on any atom is -0.464 e. The summed E-state index contributed by atoms with van der Waals surface area (Å²) in [6.45, 7) is 5.91. The third-order valence-corrected chi connectivity index (χ3v) is 3.19. The summed E-state index contributed by atoms with van der Waals surface area (Å²) < 4.78 is 5.02. The lowest BCUT2D eigenvalue weighted by molar-refractivity contribution is -0.147. The molecule has 1 aromatic rings. The van der Waals surface area contributed by atoms with Crippen molar-refractivity contribution in [2.75, 3.05) is 11.9 Å². The van der Waals surface area contributed by atoms with E-state index in [0.29, 0.717) is 0 Å². The topological polar surface area (TPSA) is 55.4 Å². The third-order valence-electron chi connectivity index (χ3n) is 2.69. The maximum atomic E-state index is 12.0. The Morgan fingerprint density at radius 3 is 2.58 bits per heavy atom. The van der Waals surface area contributed by atoms with Crippen LogP contribution in [0.25, 0.3) is 0 Å². The second-order valence-corrected chi connectivity index (χ2v) is 4.81. The number of hydrogen-bond acceptors (Lipinski definition) is 3. The minimum atomic E-state index is -0.759. The van der Waals surface area contributed by atoms with Crippen LogP contribution in [0.2, 0.25) is 0 Å². The van der Waals surface area contributed by atoms with E-state index in [1.165, 1.54) is 0 Å². The molecule has 4 nitrogen and oxygen atoms in total. The van der Waals surface area contributed by atoms with Crippen molar-refractivity contribution in [3.63, 3.8) is 0 Å². The number of aryl methyl sites for hydroxylation is 2. The van der Waals surface area contributed by atoms with Crippen molar-refractivity contribution >= 4 is 27.8 Å². The molecule has 0 aliphatic heterocycles. The first-order valence-corrected chi connectivity index (χ1v) is 7.20. The fraction of sp³-hybridized carbons (Fsp3) is 0.429. The lowest BCUT2D eigenvalue weighted by atomic mass is 9.99. The minimum absolute atomic E-state index is 0.147. The van der Waals surface area contributed by atoms with Crippen molar-refractivity contribution in [2.45, 2.75) is 26.8 Å². The number of carbonyl (C=O) groups excluding carboxylic acids is 2. The number of esters is 1. The number of amides is 1. The number of ether oxygens (including phenoxy) is 1. The molecule has 1 N–H and O–H groups in total. The first-order valence-electron chi connectivity index (χ1n) is 6.08. The quantitative estimate of drug-likeness (QED) is 0.667. The normalized spacial score (nSPS) is 11.8. The maximum absolute atomic E-state index is 12.0. The number of benzene rings is 1.